The lowest BCUT2D eigenvalue weighted by Gasteiger charge is -2.33. The molecule has 2 heterocycles. The molecule has 0 bridgehead atoms. The summed E-state index contributed by atoms with van der Waals surface area (Å²) in [5, 5.41) is 0. The quantitative estimate of drug-likeness (QED) is 0.706. The number of allylic oxidation sites excluding steroid dienone is 1. The summed E-state index contributed by atoms with van der Waals surface area (Å²) >= 11 is 0. The lowest BCUT2D eigenvalue weighted by Crippen LogP contribution is -2.43. The maximum absolute atomic E-state index is 13.1. The van der Waals surface area contributed by atoms with Gasteiger partial charge in [-0.3, -0.25) is 9.59 Å². The molecule has 2 amide bonds. The maximum atomic E-state index is 13.1. The molecule has 2 fully saturated rings. The molecule has 152 valence electrons. The molecular formula is C22H30N2O4. The molecule has 0 atom stereocenters. The molecule has 0 spiro atoms. The van der Waals surface area contributed by atoms with Crippen LogP contribution in [-0.4, -0.2) is 62.0 Å². The summed E-state index contributed by atoms with van der Waals surface area (Å²) in [6.45, 7) is 6.76. The number of amides is 2. The number of likely N-dealkylation sites (tertiary alicyclic amines) is 2. The van der Waals surface area contributed by atoms with Gasteiger partial charge in [-0.1, -0.05) is 6.08 Å². The van der Waals surface area contributed by atoms with Crippen LogP contribution in [0.1, 0.15) is 41.6 Å². The molecular weight excluding hydrogens is 356 g/mol. The third-order valence-corrected chi connectivity index (χ3v) is 5.72. The number of carbonyl (C=O) groups excluding carboxylic acids is 2. The molecule has 6 nitrogen and oxygen atoms in total. The van der Waals surface area contributed by atoms with E-state index in [1.807, 2.05) is 15.9 Å². The Morgan fingerprint density at radius 2 is 1.75 bits per heavy atom. The fourth-order valence-electron chi connectivity index (χ4n) is 4.18. The van der Waals surface area contributed by atoms with Crippen LogP contribution >= 0.6 is 0 Å². The van der Waals surface area contributed by atoms with E-state index >= 15 is 0 Å². The predicted octanol–water partition coefficient (Wildman–Crippen LogP) is 2.91. The van der Waals surface area contributed by atoms with Crippen molar-refractivity contribution in [2.24, 2.45) is 5.92 Å². The Morgan fingerprint density at radius 3 is 2.32 bits per heavy atom. The van der Waals surface area contributed by atoms with Crippen LogP contribution in [0.25, 0.3) is 0 Å². The number of benzene rings is 1. The molecule has 0 N–H and O–H groups in total. The van der Waals surface area contributed by atoms with Crippen LogP contribution in [0.2, 0.25) is 0 Å². The van der Waals surface area contributed by atoms with E-state index in [2.05, 4.69) is 6.58 Å². The van der Waals surface area contributed by atoms with Gasteiger partial charge in [-0.2, -0.15) is 0 Å². The molecule has 0 radical (unpaired) electrons. The van der Waals surface area contributed by atoms with Gasteiger partial charge < -0.3 is 19.3 Å². The Balaban J connectivity index is 1.70. The van der Waals surface area contributed by atoms with Crippen LogP contribution in [-0.2, 0) is 11.2 Å². The van der Waals surface area contributed by atoms with Crippen molar-refractivity contribution in [3.05, 3.63) is 35.9 Å². The highest BCUT2D eigenvalue weighted by molar-refractivity contribution is 5.95. The van der Waals surface area contributed by atoms with Crippen molar-refractivity contribution in [2.75, 3.05) is 40.4 Å². The summed E-state index contributed by atoms with van der Waals surface area (Å²) in [4.78, 5) is 29.5. The van der Waals surface area contributed by atoms with E-state index in [4.69, 9.17) is 9.47 Å². The monoisotopic (exact) mass is 386 g/mol. The summed E-state index contributed by atoms with van der Waals surface area (Å²) in [5.74, 6) is 1.46. The molecule has 6 heteroatoms. The van der Waals surface area contributed by atoms with E-state index in [1.54, 1.807) is 26.4 Å². The first kappa shape index (κ1) is 20.2. The molecule has 0 unspecified atom stereocenters. The standard InChI is InChI=1S/C22H30N2O4/c1-4-7-17-14-18(15-19(27-2)20(17)28-3)22(26)24-12-8-16(9-13-24)21(25)23-10-5-6-11-23/h4,14-16H,1,5-13H2,2-3H3. The summed E-state index contributed by atoms with van der Waals surface area (Å²) in [7, 11) is 3.16. The maximum Gasteiger partial charge on any atom is 0.254 e. The van der Waals surface area contributed by atoms with Crippen LogP contribution in [0.5, 0.6) is 11.5 Å². The molecule has 3 rings (SSSR count). The lowest BCUT2D eigenvalue weighted by atomic mass is 9.94. The van der Waals surface area contributed by atoms with Crippen molar-refractivity contribution < 1.29 is 19.1 Å². The van der Waals surface area contributed by atoms with E-state index in [-0.39, 0.29) is 17.7 Å². The lowest BCUT2D eigenvalue weighted by molar-refractivity contribution is -0.135. The number of hydrogen-bond acceptors (Lipinski definition) is 4. The normalized spacial score (nSPS) is 17.5. The van der Waals surface area contributed by atoms with Gasteiger partial charge in [0.2, 0.25) is 5.91 Å². The van der Waals surface area contributed by atoms with Crippen molar-refractivity contribution in [2.45, 2.75) is 32.1 Å². The Morgan fingerprint density at radius 1 is 1.07 bits per heavy atom. The highest BCUT2D eigenvalue weighted by Gasteiger charge is 2.31. The van der Waals surface area contributed by atoms with Crippen molar-refractivity contribution in [1.29, 1.82) is 0 Å². The minimum absolute atomic E-state index is 0.0293. The van der Waals surface area contributed by atoms with Gasteiger partial charge in [0, 0.05) is 43.2 Å². The zero-order valence-corrected chi connectivity index (χ0v) is 16.9. The Kier molecular flexibility index (Phi) is 6.60. The van der Waals surface area contributed by atoms with Crippen molar-refractivity contribution in [1.82, 2.24) is 9.80 Å². The average Bonchev–Trinajstić information content (AvgIpc) is 3.27. The van der Waals surface area contributed by atoms with Crippen LogP contribution < -0.4 is 9.47 Å². The topological polar surface area (TPSA) is 59.1 Å². The molecule has 0 aliphatic carbocycles. The van der Waals surface area contributed by atoms with Crippen LogP contribution in [0.3, 0.4) is 0 Å². The molecule has 28 heavy (non-hydrogen) atoms. The Bertz CT molecular complexity index is 732. The highest BCUT2D eigenvalue weighted by Crippen LogP contribution is 2.34. The number of nitrogens with zero attached hydrogens (tertiary/aromatic N) is 2. The SMILES string of the molecule is C=CCc1cc(C(=O)N2CCC(C(=O)N3CCCC3)CC2)cc(OC)c1OC. The summed E-state index contributed by atoms with van der Waals surface area (Å²) in [6, 6.07) is 3.59. The first-order valence-electron chi connectivity index (χ1n) is 10.0. The van der Waals surface area contributed by atoms with E-state index in [0.717, 1.165) is 44.3 Å². The third kappa shape index (κ3) is 4.16. The average molecular weight is 386 g/mol. The van der Waals surface area contributed by atoms with Gasteiger partial charge in [-0.15, -0.1) is 6.58 Å². The van der Waals surface area contributed by atoms with Gasteiger partial charge in [0.05, 0.1) is 14.2 Å². The van der Waals surface area contributed by atoms with Crippen LogP contribution in [0.15, 0.2) is 24.8 Å². The fraction of sp³-hybridized carbons (Fsp3) is 0.545. The second-order valence-electron chi connectivity index (χ2n) is 7.46. The zero-order valence-electron chi connectivity index (χ0n) is 16.9. The number of carbonyl (C=O) groups is 2. The fourth-order valence-corrected chi connectivity index (χ4v) is 4.18. The first-order valence-corrected chi connectivity index (χ1v) is 10.0. The number of ether oxygens (including phenoxy) is 2. The van der Waals surface area contributed by atoms with Gasteiger partial charge >= 0.3 is 0 Å². The van der Waals surface area contributed by atoms with Crippen LogP contribution in [0, 0.1) is 5.92 Å². The Labute approximate surface area is 167 Å². The van der Waals surface area contributed by atoms with Gasteiger partial charge in [0.25, 0.3) is 5.91 Å². The zero-order chi connectivity index (χ0) is 20.1. The summed E-state index contributed by atoms with van der Waals surface area (Å²) in [5.41, 5.74) is 1.46. The molecule has 2 aliphatic rings. The minimum Gasteiger partial charge on any atom is -0.493 e. The number of rotatable bonds is 6. The second kappa shape index (κ2) is 9.13. The van der Waals surface area contributed by atoms with E-state index in [9.17, 15) is 9.59 Å². The van der Waals surface area contributed by atoms with Gasteiger partial charge in [0.15, 0.2) is 11.5 Å². The molecule has 0 saturated carbocycles. The number of methoxy groups -OCH3 is 2. The minimum atomic E-state index is -0.0293. The van der Waals surface area contributed by atoms with Crippen LogP contribution in [0.4, 0.5) is 0 Å². The second-order valence-corrected chi connectivity index (χ2v) is 7.46. The number of hydrogen-bond donors (Lipinski definition) is 0. The van der Waals surface area contributed by atoms with Gasteiger partial charge in [-0.25, -0.2) is 0 Å². The van der Waals surface area contributed by atoms with E-state index < -0.39 is 0 Å². The van der Waals surface area contributed by atoms with Crippen molar-refractivity contribution in [3.63, 3.8) is 0 Å². The molecule has 1 aromatic rings. The summed E-state index contributed by atoms with van der Waals surface area (Å²) in [6.07, 6.45) is 6.04. The molecule has 2 saturated heterocycles. The van der Waals surface area contributed by atoms with E-state index in [1.165, 1.54) is 0 Å². The molecule has 2 aliphatic heterocycles. The highest BCUT2D eigenvalue weighted by atomic mass is 16.5. The first-order chi connectivity index (χ1) is 13.6. The van der Waals surface area contributed by atoms with Gasteiger partial charge in [-0.05, 0) is 44.2 Å². The van der Waals surface area contributed by atoms with E-state index in [0.29, 0.717) is 36.6 Å². The largest absolute Gasteiger partial charge is 0.493 e. The van der Waals surface area contributed by atoms with Gasteiger partial charge in [0.1, 0.15) is 0 Å². The third-order valence-electron chi connectivity index (χ3n) is 5.72. The smallest absolute Gasteiger partial charge is 0.254 e. The van der Waals surface area contributed by atoms with Crippen molar-refractivity contribution in [3.8, 4) is 11.5 Å². The van der Waals surface area contributed by atoms with Crippen molar-refractivity contribution >= 4 is 11.8 Å². The number of piperidine rings is 1. The summed E-state index contributed by atoms with van der Waals surface area (Å²) < 4.78 is 10.9. The molecule has 1 aromatic carbocycles. The Hall–Kier alpha value is -2.50. The predicted molar refractivity (Wildman–Crippen MR) is 108 cm³/mol. The molecule has 0 aromatic heterocycles.